The lowest BCUT2D eigenvalue weighted by atomic mass is 10.1. The summed E-state index contributed by atoms with van der Waals surface area (Å²) in [5, 5.41) is 0. The molecule has 1 aliphatic carbocycles. The fraction of sp³-hybridized carbons (Fsp3) is 1.00. The molecule has 2 heteroatoms. The highest BCUT2D eigenvalue weighted by Gasteiger charge is 2.08. The molecule has 0 heterocycles. The molecular formula is C13H24I2. The van der Waals surface area contributed by atoms with E-state index in [2.05, 4.69) is 45.2 Å². The minimum atomic E-state index is 0.955. The zero-order valence-corrected chi connectivity index (χ0v) is 14.0. The maximum Gasteiger partial charge on any atom is 0.0110 e. The molecule has 0 aliphatic heterocycles. The van der Waals surface area contributed by atoms with Crippen LogP contribution < -0.4 is 0 Å². The highest BCUT2D eigenvalue weighted by Crippen LogP contribution is 2.23. The molecule has 0 aromatic carbocycles. The van der Waals surface area contributed by atoms with E-state index in [0.29, 0.717) is 0 Å². The summed E-state index contributed by atoms with van der Waals surface area (Å²) in [4.78, 5) is 0. The van der Waals surface area contributed by atoms with E-state index in [-0.39, 0.29) is 0 Å². The van der Waals surface area contributed by atoms with Crippen molar-refractivity contribution >= 4 is 45.2 Å². The second-order valence-electron chi connectivity index (χ2n) is 4.82. The van der Waals surface area contributed by atoms with Crippen LogP contribution in [0.1, 0.15) is 70.6 Å². The molecule has 1 aliphatic rings. The van der Waals surface area contributed by atoms with Gasteiger partial charge in [-0.05, 0) is 25.7 Å². The summed E-state index contributed by atoms with van der Waals surface area (Å²) in [6, 6.07) is 0. The molecule has 15 heavy (non-hydrogen) atoms. The van der Waals surface area contributed by atoms with E-state index < -0.39 is 0 Å². The number of rotatable bonds is 0. The molecule has 0 spiro atoms. The molecule has 0 nitrogen and oxygen atoms in total. The molecule has 0 aromatic heterocycles. The first-order valence-electron chi connectivity index (χ1n) is 6.57. The van der Waals surface area contributed by atoms with Crippen molar-refractivity contribution in [3.05, 3.63) is 0 Å². The molecule has 1 saturated carbocycles. The number of hydrogen-bond donors (Lipinski definition) is 0. The average molecular weight is 434 g/mol. The molecule has 1 rings (SSSR count). The van der Waals surface area contributed by atoms with Crippen LogP contribution in [0.15, 0.2) is 0 Å². The molecule has 0 amide bonds. The van der Waals surface area contributed by atoms with Gasteiger partial charge < -0.3 is 0 Å². The zero-order chi connectivity index (χ0) is 10.9. The first-order chi connectivity index (χ1) is 7.29. The highest BCUT2D eigenvalue weighted by molar-refractivity contribution is 14.1. The Morgan fingerprint density at radius 3 is 1.13 bits per heavy atom. The van der Waals surface area contributed by atoms with Crippen LogP contribution in [0.4, 0.5) is 0 Å². The minimum Gasteiger partial charge on any atom is -0.0826 e. The van der Waals surface area contributed by atoms with Gasteiger partial charge in [0.2, 0.25) is 0 Å². The van der Waals surface area contributed by atoms with Crippen molar-refractivity contribution in [2.24, 2.45) is 0 Å². The molecule has 0 bridgehead atoms. The largest absolute Gasteiger partial charge is 0.0826 e. The molecule has 2 atom stereocenters. The summed E-state index contributed by atoms with van der Waals surface area (Å²) >= 11 is 5.33. The minimum absolute atomic E-state index is 0.955. The summed E-state index contributed by atoms with van der Waals surface area (Å²) < 4.78 is 1.91. The summed E-state index contributed by atoms with van der Waals surface area (Å²) in [5.74, 6) is 0. The van der Waals surface area contributed by atoms with Gasteiger partial charge in [0, 0.05) is 7.85 Å². The molecule has 0 aromatic rings. The number of alkyl halides is 2. The van der Waals surface area contributed by atoms with E-state index in [1.54, 1.807) is 0 Å². The Kier molecular flexibility index (Phi) is 9.18. The van der Waals surface area contributed by atoms with Crippen LogP contribution in [0, 0.1) is 0 Å². The van der Waals surface area contributed by atoms with E-state index in [1.807, 2.05) is 0 Å². The predicted molar refractivity (Wildman–Crippen MR) is 86.4 cm³/mol. The Balaban J connectivity index is 2.21. The smallest absolute Gasteiger partial charge is 0.0110 e. The van der Waals surface area contributed by atoms with Crippen molar-refractivity contribution in [3.63, 3.8) is 0 Å². The van der Waals surface area contributed by atoms with Crippen molar-refractivity contribution < 1.29 is 0 Å². The summed E-state index contributed by atoms with van der Waals surface area (Å²) in [7, 11) is 0. The Bertz CT molecular complexity index is 131. The van der Waals surface area contributed by atoms with Crippen molar-refractivity contribution in [1.82, 2.24) is 0 Å². The fourth-order valence-corrected chi connectivity index (χ4v) is 4.04. The zero-order valence-electron chi connectivity index (χ0n) is 9.69. The maximum atomic E-state index is 2.66. The van der Waals surface area contributed by atoms with Gasteiger partial charge in [0.05, 0.1) is 0 Å². The third-order valence-corrected chi connectivity index (χ3v) is 5.81. The average Bonchev–Trinajstić information content (AvgIpc) is 2.23. The fourth-order valence-electron chi connectivity index (χ4n) is 2.28. The van der Waals surface area contributed by atoms with Gasteiger partial charge in [0.25, 0.3) is 0 Å². The Labute approximate surface area is 123 Å². The normalized spacial score (nSPS) is 32.4. The monoisotopic (exact) mass is 434 g/mol. The first-order valence-corrected chi connectivity index (χ1v) is 9.06. The second-order valence-corrected chi connectivity index (χ2v) is 8.35. The van der Waals surface area contributed by atoms with Gasteiger partial charge in [0.15, 0.2) is 0 Å². The summed E-state index contributed by atoms with van der Waals surface area (Å²) in [6.07, 6.45) is 16.2. The maximum absolute atomic E-state index is 2.66. The van der Waals surface area contributed by atoms with Crippen LogP contribution in [0.25, 0.3) is 0 Å². The Hall–Kier alpha value is 1.46. The van der Waals surface area contributed by atoms with Crippen LogP contribution in [0.2, 0.25) is 0 Å². The number of hydrogen-bond acceptors (Lipinski definition) is 0. The molecule has 90 valence electrons. The Morgan fingerprint density at radius 1 is 0.467 bits per heavy atom. The van der Waals surface area contributed by atoms with Gasteiger partial charge in [-0.3, -0.25) is 0 Å². The van der Waals surface area contributed by atoms with E-state index >= 15 is 0 Å². The predicted octanol–water partition coefficient (Wildman–Crippen LogP) is 5.90. The molecule has 0 radical (unpaired) electrons. The third kappa shape index (κ3) is 8.22. The van der Waals surface area contributed by atoms with Gasteiger partial charge in [-0.25, -0.2) is 0 Å². The van der Waals surface area contributed by atoms with E-state index in [1.165, 1.54) is 70.6 Å². The lowest BCUT2D eigenvalue weighted by molar-refractivity contribution is 0.575. The van der Waals surface area contributed by atoms with Crippen molar-refractivity contribution in [1.29, 1.82) is 0 Å². The summed E-state index contributed by atoms with van der Waals surface area (Å²) in [5.41, 5.74) is 0. The van der Waals surface area contributed by atoms with Crippen LogP contribution in [-0.2, 0) is 0 Å². The standard InChI is InChI=1S/C13H24I2/c14-12-8-4-2-1-3-5-9-13(15)11-7-6-10-12/h12-13H,1-11H2/t12-,13?/m0/s1. The lowest BCUT2D eigenvalue weighted by Crippen LogP contribution is -1.99. The topological polar surface area (TPSA) is 0 Å². The van der Waals surface area contributed by atoms with Crippen LogP contribution >= 0.6 is 45.2 Å². The van der Waals surface area contributed by atoms with Crippen molar-refractivity contribution in [2.45, 2.75) is 78.5 Å². The van der Waals surface area contributed by atoms with Gasteiger partial charge in [-0.1, -0.05) is 90.1 Å². The van der Waals surface area contributed by atoms with Crippen LogP contribution in [-0.4, -0.2) is 7.85 Å². The third-order valence-electron chi connectivity index (χ3n) is 3.32. The van der Waals surface area contributed by atoms with Gasteiger partial charge in [0.1, 0.15) is 0 Å². The van der Waals surface area contributed by atoms with Gasteiger partial charge in [-0.2, -0.15) is 0 Å². The second kappa shape index (κ2) is 9.49. The summed E-state index contributed by atoms with van der Waals surface area (Å²) in [6.45, 7) is 0. The SMILES string of the molecule is IC1CCCCCCC[C@H](I)CCCC1. The quantitative estimate of drug-likeness (QED) is 0.329. The van der Waals surface area contributed by atoms with Crippen LogP contribution in [0.3, 0.4) is 0 Å². The molecule has 1 fully saturated rings. The van der Waals surface area contributed by atoms with Crippen LogP contribution in [0.5, 0.6) is 0 Å². The van der Waals surface area contributed by atoms with Gasteiger partial charge in [-0.15, -0.1) is 0 Å². The first kappa shape index (κ1) is 14.5. The molecular weight excluding hydrogens is 410 g/mol. The number of halogens is 2. The van der Waals surface area contributed by atoms with E-state index in [4.69, 9.17) is 0 Å². The Morgan fingerprint density at radius 2 is 0.733 bits per heavy atom. The van der Waals surface area contributed by atoms with Crippen molar-refractivity contribution in [3.8, 4) is 0 Å². The van der Waals surface area contributed by atoms with Gasteiger partial charge >= 0.3 is 0 Å². The molecule has 1 unspecified atom stereocenters. The van der Waals surface area contributed by atoms with E-state index in [9.17, 15) is 0 Å². The van der Waals surface area contributed by atoms with Crippen molar-refractivity contribution in [2.75, 3.05) is 0 Å². The molecule has 0 saturated heterocycles. The lowest BCUT2D eigenvalue weighted by Gasteiger charge is -2.10. The highest BCUT2D eigenvalue weighted by atomic mass is 127. The van der Waals surface area contributed by atoms with E-state index in [0.717, 1.165) is 7.85 Å². The molecule has 0 N–H and O–H groups in total.